The number of likely N-dealkylation sites (N-methyl/N-ethyl adjacent to an activating group) is 1. The first kappa shape index (κ1) is 11.9. The van der Waals surface area contributed by atoms with E-state index in [0.29, 0.717) is 19.2 Å². The molecule has 0 bridgehead atoms. The van der Waals surface area contributed by atoms with E-state index in [-0.39, 0.29) is 6.10 Å². The third-order valence-corrected chi connectivity index (χ3v) is 2.79. The predicted molar refractivity (Wildman–Crippen MR) is 56.4 cm³/mol. The molecule has 1 rings (SSSR count). The molecule has 2 N–H and O–H groups in total. The SMILES string of the molecule is COCC(O)CN(C)C1CCNCC1. The number of hydrogen-bond donors (Lipinski definition) is 2. The first-order valence-electron chi connectivity index (χ1n) is 5.32. The van der Waals surface area contributed by atoms with Crippen molar-refractivity contribution >= 4 is 0 Å². The molecule has 1 aliphatic heterocycles. The summed E-state index contributed by atoms with van der Waals surface area (Å²) in [6.07, 6.45) is 1.99. The fourth-order valence-corrected chi connectivity index (χ4v) is 1.97. The van der Waals surface area contributed by atoms with Crippen LogP contribution in [0.15, 0.2) is 0 Å². The summed E-state index contributed by atoms with van der Waals surface area (Å²) in [6, 6.07) is 0.614. The zero-order chi connectivity index (χ0) is 10.4. The number of nitrogens with zero attached hydrogens (tertiary/aromatic N) is 1. The molecule has 1 heterocycles. The van der Waals surface area contributed by atoms with Crippen molar-refractivity contribution in [1.29, 1.82) is 0 Å². The number of ether oxygens (including phenoxy) is 1. The van der Waals surface area contributed by atoms with Crippen LogP contribution in [0.4, 0.5) is 0 Å². The van der Waals surface area contributed by atoms with E-state index in [1.807, 2.05) is 0 Å². The number of rotatable bonds is 5. The second kappa shape index (κ2) is 6.35. The van der Waals surface area contributed by atoms with Gasteiger partial charge in [0.1, 0.15) is 0 Å². The van der Waals surface area contributed by atoms with Gasteiger partial charge in [0.15, 0.2) is 0 Å². The van der Waals surface area contributed by atoms with E-state index in [9.17, 15) is 5.11 Å². The Morgan fingerprint density at radius 3 is 2.71 bits per heavy atom. The largest absolute Gasteiger partial charge is 0.389 e. The van der Waals surface area contributed by atoms with Gasteiger partial charge in [-0.1, -0.05) is 0 Å². The molecule has 0 amide bonds. The Morgan fingerprint density at radius 1 is 1.50 bits per heavy atom. The summed E-state index contributed by atoms with van der Waals surface area (Å²) in [7, 11) is 3.70. The van der Waals surface area contributed by atoms with E-state index in [1.165, 1.54) is 12.8 Å². The average Bonchev–Trinajstić information content (AvgIpc) is 2.19. The number of methoxy groups -OCH3 is 1. The summed E-state index contributed by atoms with van der Waals surface area (Å²) in [5, 5.41) is 12.9. The van der Waals surface area contributed by atoms with Gasteiger partial charge in [-0.3, -0.25) is 0 Å². The summed E-state index contributed by atoms with van der Waals surface area (Å²) < 4.78 is 4.90. The lowest BCUT2D eigenvalue weighted by molar-refractivity contribution is 0.0308. The Hall–Kier alpha value is -0.160. The van der Waals surface area contributed by atoms with Crippen molar-refractivity contribution in [3.8, 4) is 0 Å². The van der Waals surface area contributed by atoms with Crippen LogP contribution in [0.1, 0.15) is 12.8 Å². The Balaban J connectivity index is 2.21. The minimum atomic E-state index is -0.361. The topological polar surface area (TPSA) is 44.7 Å². The second-order valence-electron chi connectivity index (χ2n) is 4.03. The van der Waals surface area contributed by atoms with E-state index in [4.69, 9.17) is 4.74 Å². The molecule has 1 unspecified atom stereocenters. The second-order valence-corrected chi connectivity index (χ2v) is 4.03. The van der Waals surface area contributed by atoms with Crippen molar-refractivity contribution in [1.82, 2.24) is 10.2 Å². The summed E-state index contributed by atoms with van der Waals surface area (Å²) in [6.45, 7) is 3.32. The van der Waals surface area contributed by atoms with Gasteiger partial charge >= 0.3 is 0 Å². The zero-order valence-electron chi connectivity index (χ0n) is 9.20. The quantitative estimate of drug-likeness (QED) is 0.641. The monoisotopic (exact) mass is 202 g/mol. The molecule has 1 atom stereocenters. The minimum Gasteiger partial charge on any atom is -0.389 e. The van der Waals surface area contributed by atoms with Crippen LogP contribution in [0.3, 0.4) is 0 Å². The Kier molecular flexibility index (Phi) is 5.40. The van der Waals surface area contributed by atoms with Crippen LogP contribution in [-0.4, -0.2) is 62.6 Å². The highest BCUT2D eigenvalue weighted by atomic mass is 16.5. The van der Waals surface area contributed by atoms with E-state index in [1.54, 1.807) is 7.11 Å². The van der Waals surface area contributed by atoms with Gasteiger partial charge in [0.2, 0.25) is 0 Å². The van der Waals surface area contributed by atoms with Gasteiger partial charge in [-0.15, -0.1) is 0 Å². The Labute approximate surface area is 86.2 Å². The third-order valence-electron chi connectivity index (χ3n) is 2.79. The maximum absolute atomic E-state index is 9.57. The minimum absolute atomic E-state index is 0.361. The molecular formula is C10H22N2O2. The molecule has 1 saturated heterocycles. The normalized spacial score (nSPS) is 21.4. The fourth-order valence-electron chi connectivity index (χ4n) is 1.97. The van der Waals surface area contributed by atoms with Gasteiger partial charge in [-0.2, -0.15) is 0 Å². The Bertz CT molecular complexity index is 149. The smallest absolute Gasteiger partial charge is 0.0900 e. The lowest BCUT2D eigenvalue weighted by Crippen LogP contribution is -2.44. The molecule has 0 aromatic carbocycles. The van der Waals surface area contributed by atoms with Gasteiger partial charge in [-0.25, -0.2) is 0 Å². The maximum Gasteiger partial charge on any atom is 0.0900 e. The first-order chi connectivity index (χ1) is 6.74. The third kappa shape index (κ3) is 3.92. The van der Waals surface area contributed by atoms with Crippen molar-refractivity contribution in [2.45, 2.75) is 25.0 Å². The first-order valence-corrected chi connectivity index (χ1v) is 5.32. The molecule has 84 valence electrons. The van der Waals surface area contributed by atoms with Crippen LogP contribution in [0.25, 0.3) is 0 Å². The predicted octanol–water partition coefficient (Wildman–Crippen LogP) is -0.322. The van der Waals surface area contributed by atoms with E-state index in [0.717, 1.165) is 13.1 Å². The molecule has 4 heteroatoms. The lowest BCUT2D eigenvalue weighted by atomic mass is 10.1. The van der Waals surface area contributed by atoms with Crippen molar-refractivity contribution in [2.75, 3.05) is 40.4 Å². The summed E-state index contributed by atoms with van der Waals surface area (Å²) in [5.74, 6) is 0. The van der Waals surface area contributed by atoms with Crippen molar-refractivity contribution in [3.63, 3.8) is 0 Å². The lowest BCUT2D eigenvalue weighted by Gasteiger charge is -2.32. The van der Waals surface area contributed by atoms with Crippen LogP contribution >= 0.6 is 0 Å². The van der Waals surface area contributed by atoms with Crippen LogP contribution < -0.4 is 5.32 Å². The zero-order valence-corrected chi connectivity index (χ0v) is 9.20. The highest BCUT2D eigenvalue weighted by molar-refractivity contribution is 4.77. The van der Waals surface area contributed by atoms with Gasteiger partial charge in [0.25, 0.3) is 0 Å². The van der Waals surface area contributed by atoms with Crippen molar-refractivity contribution in [2.24, 2.45) is 0 Å². The molecule has 0 radical (unpaired) electrons. The van der Waals surface area contributed by atoms with Crippen LogP contribution in [0, 0.1) is 0 Å². The standard InChI is InChI=1S/C10H22N2O2/c1-12(7-10(13)8-14-2)9-3-5-11-6-4-9/h9-11,13H,3-8H2,1-2H3. The number of hydrogen-bond acceptors (Lipinski definition) is 4. The highest BCUT2D eigenvalue weighted by Crippen LogP contribution is 2.09. The Morgan fingerprint density at radius 2 is 2.14 bits per heavy atom. The molecule has 0 aliphatic carbocycles. The van der Waals surface area contributed by atoms with Crippen molar-refractivity contribution in [3.05, 3.63) is 0 Å². The molecule has 0 spiro atoms. The number of aliphatic hydroxyl groups is 1. The van der Waals surface area contributed by atoms with Gasteiger partial charge in [0, 0.05) is 19.7 Å². The van der Waals surface area contributed by atoms with Crippen LogP contribution in [0.2, 0.25) is 0 Å². The molecule has 1 aliphatic rings. The molecule has 0 aromatic heterocycles. The molecule has 4 nitrogen and oxygen atoms in total. The van der Waals surface area contributed by atoms with Crippen LogP contribution in [-0.2, 0) is 4.74 Å². The van der Waals surface area contributed by atoms with E-state index in [2.05, 4.69) is 17.3 Å². The van der Waals surface area contributed by atoms with E-state index < -0.39 is 0 Å². The number of nitrogens with one attached hydrogen (secondary N) is 1. The number of aliphatic hydroxyl groups excluding tert-OH is 1. The summed E-state index contributed by atoms with van der Waals surface area (Å²) in [4.78, 5) is 2.24. The highest BCUT2D eigenvalue weighted by Gasteiger charge is 2.19. The van der Waals surface area contributed by atoms with E-state index >= 15 is 0 Å². The molecule has 0 saturated carbocycles. The number of piperidine rings is 1. The molecule has 0 aromatic rings. The summed E-state index contributed by atoms with van der Waals surface area (Å²) >= 11 is 0. The molecule has 1 fully saturated rings. The van der Waals surface area contributed by atoms with Gasteiger partial charge < -0.3 is 20.1 Å². The fraction of sp³-hybridized carbons (Fsp3) is 1.00. The average molecular weight is 202 g/mol. The molecule has 14 heavy (non-hydrogen) atoms. The van der Waals surface area contributed by atoms with Gasteiger partial charge in [0.05, 0.1) is 12.7 Å². The molecular weight excluding hydrogens is 180 g/mol. The summed E-state index contributed by atoms with van der Waals surface area (Å²) in [5.41, 5.74) is 0. The van der Waals surface area contributed by atoms with Crippen molar-refractivity contribution < 1.29 is 9.84 Å². The maximum atomic E-state index is 9.57. The van der Waals surface area contributed by atoms with Gasteiger partial charge in [-0.05, 0) is 33.0 Å². The van der Waals surface area contributed by atoms with Crippen LogP contribution in [0.5, 0.6) is 0 Å².